The number of ether oxygens (including phenoxy) is 3. The molecule has 3 aromatic rings. The quantitative estimate of drug-likeness (QED) is 0.182. The Bertz CT molecular complexity index is 989. The molecule has 3 aromatic carbocycles. The minimum Gasteiger partial charge on any atom is -0.497 e. The van der Waals surface area contributed by atoms with Gasteiger partial charge in [0.05, 0.1) is 39.4 Å². The van der Waals surface area contributed by atoms with Crippen LogP contribution >= 0.6 is 76.3 Å². The molecule has 176 valence electrons. The average molecular weight is 581 g/mol. The summed E-state index contributed by atoms with van der Waals surface area (Å²) in [5.41, 5.74) is 2.07. The van der Waals surface area contributed by atoms with Crippen LogP contribution in [0.2, 0.25) is 0 Å². The van der Waals surface area contributed by atoms with E-state index >= 15 is 0 Å². The van der Waals surface area contributed by atoms with E-state index in [-0.39, 0.29) is 0 Å². The molecule has 34 heavy (non-hydrogen) atoms. The van der Waals surface area contributed by atoms with E-state index in [2.05, 4.69) is 0 Å². The molecule has 0 fully saturated rings. The fourth-order valence-electron chi connectivity index (χ4n) is 2.60. The van der Waals surface area contributed by atoms with Gasteiger partial charge in [-0.15, -0.1) is 0 Å². The highest BCUT2D eigenvalue weighted by Crippen LogP contribution is 2.72. The zero-order valence-corrected chi connectivity index (χ0v) is 24.3. The van der Waals surface area contributed by atoms with E-state index in [1.165, 1.54) is 0 Å². The van der Waals surface area contributed by atoms with Crippen molar-refractivity contribution in [2.75, 3.05) is 21.3 Å². The van der Waals surface area contributed by atoms with Crippen LogP contribution in [0.25, 0.3) is 0 Å². The molecule has 0 spiro atoms. The fraction of sp³-hybridized carbons (Fsp3) is 0.125. The molecular formula is C24H21O3PS6. The van der Waals surface area contributed by atoms with Crippen molar-refractivity contribution in [3.63, 3.8) is 0 Å². The van der Waals surface area contributed by atoms with E-state index in [0.717, 1.165) is 46.5 Å². The first-order valence-electron chi connectivity index (χ1n) is 9.82. The van der Waals surface area contributed by atoms with E-state index in [1.807, 2.05) is 72.8 Å². The molecule has 0 N–H and O–H groups in total. The minimum absolute atomic E-state index is 0.795. The van der Waals surface area contributed by atoms with E-state index < -0.39 is 5.53 Å². The molecular weight excluding hydrogens is 560 g/mol. The van der Waals surface area contributed by atoms with Crippen LogP contribution in [-0.4, -0.2) is 33.9 Å². The van der Waals surface area contributed by atoms with Gasteiger partial charge in [-0.2, -0.15) is 0 Å². The van der Waals surface area contributed by atoms with Crippen molar-refractivity contribution in [2.24, 2.45) is 0 Å². The van der Waals surface area contributed by atoms with E-state index in [0.29, 0.717) is 0 Å². The molecule has 3 rings (SSSR count). The third-order valence-corrected chi connectivity index (χ3v) is 15.7. The molecule has 0 heterocycles. The van der Waals surface area contributed by atoms with Crippen LogP contribution in [-0.2, 0) is 0 Å². The highest BCUT2D eigenvalue weighted by atomic mass is 33.4. The van der Waals surface area contributed by atoms with Crippen LogP contribution in [0.15, 0.2) is 72.8 Å². The second kappa shape index (κ2) is 13.8. The Balaban J connectivity index is 1.77. The van der Waals surface area contributed by atoms with Crippen LogP contribution in [0.5, 0.6) is 17.2 Å². The lowest BCUT2D eigenvalue weighted by molar-refractivity contribution is 0.414. The van der Waals surface area contributed by atoms with Gasteiger partial charge < -0.3 is 14.2 Å². The van der Waals surface area contributed by atoms with Crippen LogP contribution in [0.1, 0.15) is 16.7 Å². The standard InChI is InChI=1S/C24H21O3PS6/c1-25-19-10-4-16(5-11-19)22(29)32-28(33-23(30)17-6-12-20(26-2)13-7-17)34-24(31)18-8-14-21(27-3)15-9-18/h4-15H,1-3H3. The summed E-state index contributed by atoms with van der Waals surface area (Å²) < 4.78 is 18.2. The third kappa shape index (κ3) is 7.92. The number of hydrogen-bond donors (Lipinski definition) is 0. The van der Waals surface area contributed by atoms with Gasteiger partial charge in [0.25, 0.3) is 0 Å². The van der Waals surface area contributed by atoms with Gasteiger partial charge in [0.2, 0.25) is 0 Å². The van der Waals surface area contributed by atoms with Crippen LogP contribution in [0.4, 0.5) is 0 Å². The topological polar surface area (TPSA) is 27.7 Å². The van der Waals surface area contributed by atoms with Crippen molar-refractivity contribution in [2.45, 2.75) is 0 Å². The van der Waals surface area contributed by atoms with Crippen molar-refractivity contribution >= 4 is 88.9 Å². The van der Waals surface area contributed by atoms with Gasteiger partial charge >= 0.3 is 0 Å². The Hall–Kier alpha value is -1.19. The van der Waals surface area contributed by atoms with Crippen molar-refractivity contribution in [1.29, 1.82) is 0 Å². The molecule has 10 heteroatoms. The summed E-state index contributed by atoms with van der Waals surface area (Å²) >= 11 is 22.2. The zero-order valence-electron chi connectivity index (χ0n) is 18.5. The first kappa shape index (κ1) is 27.4. The van der Waals surface area contributed by atoms with Crippen molar-refractivity contribution < 1.29 is 14.2 Å². The van der Waals surface area contributed by atoms with E-state index in [1.54, 1.807) is 55.5 Å². The van der Waals surface area contributed by atoms with E-state index in [9.17, 15) is 0 Å². The highest BCUT2D eigenvalue weighted by Gasteiger charge is 2.21. The summed E-state index contributed by atoms with van der Waals surface area (Å²) in [5, 5.41) is 0. The Morgan fingerprint density at radius 2 is 0.735 bits per heavy atom. The van der Waals surface area contributed by atoms with Crippen LogP contribution in [0, 0.1) is 0 Å². The molecule has 0 bridgehead atoms. The number of hydrogen-bond acceptors (Lipinski definition) is 9. The summed E-state index contributed by atoms with van der Waals surface area (Å²) in [4.78, 5) is 0. The molecule has 0 atom stereocenters. The van der Waals surface area contributed by atoms with Gasteiger partial charge in [0.15, 0.2) is 0 Å². The number of rotatable bonds is 9. The molecule has 0 saturated carbocycles. The Morgan fingerprint density at radius 1 is 0.500 bits per heavy atom. The molecule has 0 radical (unpaired) electrons. The molecule has 0 aromatic heterocycles. The molecule has 0 aliphatic heterocycles. The largest absolute Gasteiger partial charge is 0.497 e. The maximum Gasteiger partial charge on any atom is 0.118 e. The molecule has 0 unspecified atom stereocenters. The third-order valence-electron chi connectivity index (χ3n) is 4.45. The maximum absolute atomic E-state index is 5.77. The summed E-state index contributed by atoms with van der Waals surface area (Å²) in [6, 6.07) is 23.3. The molecule has 0 aliphatic carbocycles. The highest BCUT2D eigenvalue weighted by molar-refractivity contribution is 9.19. The molecule has 3 nitrogen and oxygen atoms in total. The normalized spacial score (nSPS) is 10.6. The summed E-state index contributed by atoms with van der Waals surface area (Å²) in [5.74, 6) is 2.39. The fourth-order valence-corrected chi connectivity index (χ4v) is 16.3. The SMILES string of the molecule is COc1ccc(C(=S)SP(SC(=S)c2ccc(OC)cc2)SC(=S)c2ccc(OC)cc2)cc1. The Labute approximate surface area is 229 Å². The van der Waals surface area contributed by atoms with Crippen LogP contribution in [0.3, 0.4) is 0 Å². The maximum atomic E-state index is 5.77. The van der Waals surface area contributed by atoms with E-state index in [4.69, 9.17) is 50.9 Å². The van der Waals surface area contributed by atoms with Crippen molar-refractivity contribution in [3.8, 4) is 17.2 Å². The lowest BCUT2D eigenvalue weighted by Crippen LogP contribution is -1.95. The second-order valence-electron chi connectivity index (χ2n) is 6.55. The smallest absolute Gasteiger partial charge is 0.118 e. The minimum atomic E-state index is -0.851. The van der Waals surface area contributed by atoms with Gasteiger partial charge in [-0.05, 0) is 89.5 Å². The van der Waals surface area contributed by atoms with Crippen molar-refractivity contribution in [3.05, 3.63) is 89.5 Å². The van der Waals surface area contributed by atoms with Gasteiger partial charge in [0, 0.05) is 0 Å². The van der Waals surface area contributed by atoms with Gasteiger partial charge in [-0.3, -0.25) is 0 Å². The zero-order chi connectivity index (χ0) is 24.5. The average Bonchev–Trinajstić information content (AvgIpc) is 2.88. The molecule has 0 saturated heterocycles. The van der Waals surface area contributed by atoms with Gasteiger partial charge in [-0.25, -0.2) is 0 Å². The van der Waals surface area contributed by atoms with Crippen molar-refractivity contribution in [1.82, 2.24) is 0 Å². The Morgan fingerprint density at radius 3 is 0.941 bits per heavy atom. The summed E-state index contributed by atoms with van der Waals surface area (Å²) in [7, 11) is 4.94. The number of methoxy groups -OCH3 is 3. The summed E-state index contributed by atoms with van der Waals surface area (Å²) in [6.45, 7) is 0. The monoisotopic (exact) mass is 580 g/mol. The predicted molar refractivity (Wildman–Crippen MR) is 164 cm³/mol. The first-order valence-corrected chi connectivity index (χ1v) is 16.7. The number of benzene rings is 3. The molecule has 0 aliphatic rings. The summed E-state index contributed by atoms with van der Waals surface area (Å²) in [6.07, 6.45) is 0. The first-order chi connectivity index (χ1) is 16.4. The van der Waals surface area contributed by atoms with Crippen LogP contribution < -0.4 is 14.2 Å². The predicted octanol–water partition coefficient (Wildman–Crippen LogP) is 8.57. The lowest BCUT2D eigenvalue weighted by atomic mass is 10.2. The Kier molecular flexibility index (Phi) is 11.1. The number of thiocarbonyl (C=S) groups is 3. The molecule has 0 amide bonds. The van der Waals surface area contributed by atoms with Gasteiger partial charge in [0.1, 0.15) is 17.2 Å². The van der Waals surface area contributed by atoms with Gasteiger partial charge in [-0.1, -0.05) is 70.8 Å². The lowest BCUT2D eigenvalue weighted by Gasteiger charge is -2.17. The second-order valence-corrected chi connectivity index (χ2v) is 17.8.